The Balaban J connectivity index is 1.93. The summed E-state index contributed by atoms with van der Waals surface area (Å²) in [5.41, 5.74) is -1.18. The molecule has 1 aliphatic rings. The zero-order valence-corrected chi connectivity index (χ0v) is 11.4. The van der Waals surface area contributed by atoms with E-state index in [9.17, 15) is 18.0 Å². The normalized spacial score (nSPS) is 15.3. The molecule has 2 aromatic heterocycles. The van der Waals surface area contributed by atoms with Crippen molar-refractivity contribution in [2.75, 3.05) is 13.1 Å². The van der Waals surface area contributed by atoms with Crippen LogP contribution in [-0.4, -0.2) is 33.9 Å². The van der Waals surface area contributed by atoms with Crippen LogP contribution < -0.4 is 0 Å². The van der Waals surface area contributed by atoms with Crippen molar-refractivity contribution < 1.29 is 22.4 Å². The monoisotopic (exact) mass is 311 g/mol. The first kappa shape index (κ1) is 14.6. The zero-order valence-electron chi connectivity index (χ0n) is 11.4. The fraction of sp³-hybridized carbons (Fsp3) is 0.357. The maximum absolute atomic E-state index is 13.0. The first-order valence-corrected chi connectivity index (χ1v) is 6.73. The highest BCUT2D eigenvalue weighted by Gasteiger charge is 2.35. The van der Waals surface area contributed by atoms with Crippen LogP contribution in [-0.2, 0) is 6.18 Å². The molecule has 116 valence electrons. The van der Waals surface area contributed by atoms with Crippen molar-refractivity contribution in [1.82, 2.24) is 14.9 Å². The molecule has 3 rings (SSSR count). The van der Waals surface area contributed by atoms with E-state index < -0.39 is 11.7 Å². The number of rotatable bonds is 2. The molecule has 1 amide bonds. The predicted molar refractivity (Wildman–Crippen MR) is 69.9 cm³/mol. The van der Waals surface area contributed by atoms with Crippen LogP contribution >= 0.6 is 0 Å². The van der Waals surface area contributed by atoms with Crippen LogP contribution in [0, 0.1) is 0 Å². The Kier molecular flexibility index (Phi) is 3.59. The van der Waals surface area contributed by atoms with Gasteiger partial charge in [-0.2, -0.15) is 13.2 Å². The van der Waals surface area contributed by atoms with Gasteiger partial charge >= 0.3 is 6.18 Å². The summed E-state index contributed by atoms with van der Waals surface area (Å²) in [4.78, 5) is 21.2. The largest absolute Gasteiger partial charge is 0.431 e. The number of carbonyl (C=O) groups excluding carboxylic acids is 1. The molecule has 0 saturated carbocycles. The number of likely N-dealkylation sites (tertiary alicyclic amines) is 1. The third-order valence-corrected chi connectivity index (χ3v) is 3.47. The molecule has 0 spiro atoms. The smallest absolute Gasteiger partial charge is 0.417 e. The number of amides is 1. The average Bonchev–Trinajstić information content (AvgIpc) is 3.17. The summed E-state index contributed by atoms with van der Waals surface area (Å²) >= 11 is 0. The van der Waals surface area contributed by atoms with Crippen LogP contribution in [0.2, 0.25) is 0 Å². The van der Waals surface area contributed by atoms with Crippen molar-refractivity contribution in [2.24, 2.45) is 0 Å². The molecule has 1 aliphatic heterocycles. The minimum absolute atomic E-state index is 0.0612. The summed E-state index contributed by atoms with van der Waals surface area (Å²) in [7, 11) is 0. The van der Waals surface area contributed by atoms with E-state index in [0.717, 1.165) is 37.5 Å². The van der Waals surface area contributed by atoms with Gasteiger partial charge in [0.1, 0.15) is 0 Å². The Morgan fingerprint density at radius 1 is 1.23 bits per heavy atom. The van der Waals surface area contributed by atoms with Crippen molar-refractivity contribution in [1.29, 1.82) is 0 Å². The van der Waals surface area contributed by atoms with E-state index in [2.05, 4.69) is 9.97 Å². The molecule has 0 aliphatic carbocycles. The topological polar surface area (TPSA) is 59.2 Å². The quantitative estimate of drug-likeness (QED) is 0.855. The number of aromatic nitrogens is 2. The highest BCUT2D eigenvalue weighted by Crippen LogP contribution is 2.36. The predicted octanol–water partition coefficient (Wildman–Crippen LogP) is 2.99. The van der Waals surface area contributed by atoms with Gasteiger partial charge in [-0.25, -0.2) is 4.98 Å². The Hall–Kier alpha value is -2.38. The second kappa shape index (κ2) is 5.43. The van der Waals surface area contributed by atoms with Gasteiger partial charge in [0.25, 0.3) is 5.91 Å². The van der Waals surface area contributed by atoms with Gasteiger partial charge in [-0.1, -0.05) is 0 Å². The fourth-order valence-electron chi connectivity index (χ4n) is 2.39. The number of halogens is 3. The Morgan fingerprint density at radius 2 is 1.95 bits per heavy atom. The number of alkyl halides is 3. The van der Waals surface area contributed by atoms with Gasteiger partial charge in [0.05, 0.1) is 17.3 Å². The lowest BCUT2D eigenvalue weighted by Gasteiger charge is -2.12. The summed E-state index contributed by atoms with van der Waals surface area (Å²) in [6.45, 7) is 1.24. The summed E-state index contributed by atoms with van der Waals surface area (Å²) in [6.07, 6.45) is 0.500. The molecular weight excluding hydrogens is 299 g/mol. The molecule has 0 aromatic carbocycles. The van der Waals surface area contributed by atoms with Crippen molar-refractivity contribution in [3.8, 4) is 11.5 Å². The van der Waals surface area contributed by atoms with Crippen molar-refractivity contribution in [2.45, 2.75) is 19.0 Å². The summed E-state index contributed by atoms with van der Waals surface area (Å²) < 4.78 is 44.2. The van der Waals surface area contributed by atoms with Crippen LogP contribution in [0.4, 0.5) is 13.2 Å². The van der Waals surface area contributed by atoms with Crippen LogP contribution in [0.15, 0.2) is 29.1 Å². The second-order valence-electron chi connectivity index (χ2n) is 4.95. The molecular formula is C14H12F3N3O2. The minimum Gasteiger partial charge on any atom is -0.431 e. The van der Waals surface area contributed by atoms with Crippen molar-refractivity contribution in [3.05, 3.63) is 36.0 Å². The molecule has 1 fully saturated rings. The zero-order chi connectivity index (χ0) is 15.7. The Labute approximate surface area is 123 Å². The van der Waals surface area contributed by atoms with E-state index in [0.29, 0.717) is 13.1 Å². The third-order valence-electron chi connectivity index (χ3n) is 3.47. The van der Waals surface area contributed by atoms with Gasteiger partial charge in [-0.15, -0.1) is 0 Å². The van der Waals surface area contributed by atoms with Gasteiger partial charge in [0.15, 0.2) is 0 Å². The van der Waals surface area contributed by atoms with Crippen molar-refractivity contribution >= 4 is 5.91 Å². The van der Waals surface area contributed by atoms with Crippen LogP contribution in [0.5, 0.6) is 0 Å². The van der Waals surface area contributed by atoms with E-state index in [1.807, 2.05) is 0 Å². The maximum atomic E-state index is 13.0. The number of pyridine rings is 1. The van der Waals surface area contributed by atoms with Gasteiger partial charge in [-0.05, 0) is 18.9 Å². The molecule has 0 atom stereocenters. The summed E-state index contributed by atoms with van der Waals surface area (Å²) in [6, 6.07) is 0.849. The lowest BCUT2D eigenvalue weighted by atomic mass is 10.1. The molecule has 2 aromatic rings. The lowest BCUT2D eigenvalue weighted by molar-refractivity contribution is -0.137. The minimum atomic E-state index is -4.55. The van der Waals surface area contributed by atoms with E-state index >= 15 is 0 Å². The van der Waals surface area contributed by atoms with Gasteiger partial charge in [0.2, 0.25) is 11.7 Å². The van der Waals surface area contributed by atoms with E-state index in [1.54, 1.807) is 4.90 Å². The number of hydrogen-bond donors (Lipinski definition) is 0. The van der Waals surface area contributed by atoms with E-state index in [4.69, 9.17) is 4.42 Å². The van der Waals surface area contributed by atoms with Crippen LogP contribution in [0.1, 0.15) is 29.0 Å². The van der Waals surface area contributed by atoms with Crippen LogP contribution in [0.25, 0.3) is 11.5 Å². The Morgan fingerprint density at radius 3 is 2.64 bits per heavy atom. The molecule has 3 heterocycles. The van der Waals surface area contributed by atoms with Gasteiger partial charge < -0.3 is 9.32 Å². The first-order chi connectivity index (χ1) is 10.5. The molecule has 5 nitrogen and oxygen atoms in total. The Bertz CT molecular complexity index is 691. The number of nitrogens with zero attached hydrogens (tertiary/aromatic N) is 3. The molecule has 1 saturated heterocycles. The van der Waals surface area contributed by atoms with Crippen molar-refractivity contribution in [3.63, 3.8) is 0 Å². The number of oxazole rings is 1. The third kappa shape index (κ3) is 2.68. The second-order valence-corrected chi connectivity index (χ2v) is 4.95. The fourth-order valence-corrected chi connectivity index (χ4v) is 2.39. The highest BCUT2D eigenvalue weighted by atomic mass is 19.4. The van der Waals surface area contributed by atoms with Gasteiger partial charge in [-0.3, -0.25) is 9.78 Å². The summed E-state index contributed by atoms with van der Waals surface area (Å²) in [5, 5.41) is 0. The standard InChI is InChI=1S/C14H12F3N3O2/c15-14(16,17)10-3-4-18-7-9(10)12-19-8-11(22-12)13(21)20-5-1-2-6-20/h3-4,7-8H,1-2,5-6H2. The highest BCUT2D eigenvalue weighted by molar-refractivity contribution is 5.91. The summed E-state index contributed by atoms with van der Waals surface area (Å²) in [5.74, 6) is -0.675. The number of hydrogen-bond acceptors (Lipinski definition) is 4. The lowest BCUT2D eigenvalue weighted by Crippen LogP contribution is -2.27. The van der Waals surface area contributed by atoms with E-state index in [1.165, 1.54) is 0 Å². The first-order valence-electron chi connectivity index (χ1n) is 6.73. The SMILES string of the molecule is O=C(c1cnc(-c2cnccc2C(F)(F)F)o1)N1CCCC1. The molecule has 0 unspecified atom stereocenters. The van der Waals surface area contributed by atoms with E-state index in [-0.39, 0.29) is 23.1 Å². The maximum Gasteiger partial charge on any atom is 0.417 e. The molecule has 22 heavy (non-hydrogen) atoms. The van der Waals surface area contributed by atoms with Gasteiger partial charge in [0, 0.05) is 25.5 Å². The molecule has 0 radical (unpaired) electrons. The number of carbonyl (C=O) groups is 1. The molecule has 8 heteroatoms. The van der Waals surface area contributed by atoms with Crippen LogP contribution in [0.3, 0.4) is 0 Å². The average molecular weight is 311 g/mol. The molecule has 0 bridgehead atoms. The molecule has 0 N–H and O–H groups in total.